The number of sulfone groups is 1. The summed E-state index contributed by atoms with van der Waals surface area (Å²) in [6, 6.07) is 12.9. The number of aromatic nitrogens is 1. The Hall–Kier alpha value is -3.46. The first-order valence-corrected chi connectivity index (χ1v) is 12.6. The molecule has 35 heavy (non-hydrogen) atoms. The van der Waals surface area contributed by atoms with Crippen molar-refractivity contribution in [3.8, 4) is 0 Å². The molecule has 1 unspecified atom stereocenters. The molecule has 2 atom stereocenters. The Morgan fingerprint density at radius 1 is 1.03 bits per heavy atom. The molecule has 0 bridgehead atoms. The lowest BCUT2D eigenvalue weighted by Crippen LogP contribution is -2.55. The van der Waals surface area contributed by atoms with Crippen LogP contribution in [0.25, 0.3) is 0 Å². The van der Waals surface area contributed by atoms with E-state index in [-0.39, 0.29) is 34.9 Å². The highest BCUT2D eigenvalue weighted by Gasteiger charge is 2.54. The monoisotopic (exact) mass is 497 g/mol. The minimum Gasteiger partial charge on any atom is -0.386 e. The molecule has 0 spiro atoms. The number of Topliss-reactive ketones (excluding diaryl/α,β-unsaturated/α-hetero) is 1. The molecule has 2 heterocycles. The van der Waals surface area contributed by atoms with E-state index in [0.717, 1.165) is 11.6 Å². The molecule has 2 N–H and O–H groups in total. The van der Waals surface area contributed by atoms with Gasteiger partial charge in [-0.3, -0.25) is 14.8 Å². The van der Waals surface area contributed by atoms with Gasteiger partial charge in [0.1, 0.15) is 28.7 Å². The Balaban J connectivity index is 1.75. The largest absolute Gasteiger partial charge is 0.386 e. The van der Waals surface area contributed by atoms with Crippen LogP contribution in [0.4, 0.5) is 8.78 Å². The van der Waals surface area contributed by atoms with Crippen LogP contribution in [0.5, 0.6) is 0 Å². The summed E-state index contributed by atoms with van der Waals surface area (Å²) in [4.78, 5) is 21.2. The van der Waals surface area contributed by atoms with E-state index in [1.807, 2.05) is 6.92 Å². The van der Waals surface area contributed by atoms with Crippen LogP contribution in [0.2, 0.25) is 0 Å². The van der Waals surface area contributed by atoms with E-state index in [2.05, 4.69) is 9.98 Å². The van der Waals surface area contributed by atoms with Gasteiger partial charge in [-0.05, 0) is 56.2 Å². The number of carbonyl (C=O) groups is 1. The minimum absolute atomic E-state index is 0.0122. The average Bonchev–Trinajstić information content (AvgIpc) is 2.79. The number of rotatable bonds is 5. The standard InChI is InChI=1S/C26H25F2N3O3S/c1-16-8-11-22(30-14-16)23(32)13-17-9-10-21(28)19(12-17)25(2)15-35(33,34)26(3,24(29)31-25)18-6-4-5-7-20(18)27/h4-12,14H,13,15H2,1-3H3,(H2,29,31)/t25-,26?/m0/s1. The summed E-state index contributed by atoms with van der Waals surface area (Å²) in [6.45, 7) is 4.62. The fourth-order valence-electron chi connectivity index (χ4n) is 4.37. The maximum atomic E-state index is 15.0. The zero-order chi connectivity index (χ0) is 25.6. The fourth-order valence-corrected chi connectivity index (χ4v) is 6.49. The number of amidine groups is 1. The van der Waals surface area contributed by atoms with Crippen molar-refractivity contribution in [2.75, 3.05) is 5.75 Å². The second-order valence-corrected chi connectivity index (χ2v) is 11.5. The lowest BCUT2D eigenvalue weighted by Gasteiger charge is -2.40. The van der Waals surface area contributed by atoms with Gasteiger partial charge in [0.25, 0.3) is 0 Å². The Bertz CT molecular complexity index is 1450. The smallest absolute Gasteiger partial charge is 0.185 e. The second kappa shape index (κ2) is 8.64. The predicted octanol–water partition coefficient (Wildman–Crippen LogP) is 4.01. The predicted molar refractivity (Wildman–Crippen MR) is 130 cm³/mol. The first-order valence-electron chi connectivity index (χ1n) is 11.0. The molecule has 1 aliphatic rings. The molecular weight excluding hydrogens is 472 g/mol. The van der Waals surface area contributed by atoms with E-state index in [1.54, 1.807) is 18.3 Å². The van der Waals surface area contributed by atoms with Crippen LogP contribution in [0.1, 0.15) is 46.6 Å². The number of pyridine rings is 1. The molecule has 1 aliphatic heterocycles. The minimum atomic E-state index is -4.14. The highest BCUT2D eigenvalue weighted by Crippen LogP contribution is 2.43. The van der Waals surface area contributed by atoms with Gasteiger partial charge >= 0.3 is 0 Å². The quantitative estimate of drug-likeness (QED) is 0.537. The molecule has 2 aromatic carbocycles. The van der Waals surface area contributed by atoms with E-state index in [1.165, 1.54) is 50.2 Å². The zero-order valence-corrected chi connectivity index (χ0v) is 20.4. The molecule has 182 valence electrons. The van der Waals surface area contributed by atoms with Crippen molar-refractivity contribution in [3.05, 3.63) is 100 Å². The van der Waals surface area contributed by atoms with Crippen molar-refractivity contribution in [1.29, 1.82) is 0 Å². The number of nitrogens with two attached hydrogens (primary N) is 1. The third kappa shape index (κ3) is 4.25. The average molecular weight is 498 g/mol. The lowest BCUT2D eigenvalue weighted by atomic mass is 9.90. The molecule has 0 saturated carbocycles. The van der Waals surface area contributed by atoms with Gasteiger partial charge in [-0.25, -0.2) is 17.2 Å². The van der Waals surface area contributed by atoms with Crippen LogP contribution in [0, 0.1) is 18.6 Å². The van der Waals surface area contributed by atoms with E-state index < -0.39 is 37.5 Å². The second-order valence-electron chi connectivity index (χ2n) is 9.18. The van der Waals surface area contributed by atoms with E-state index in [0.29, 0.717) is 5.56 Å². The summed E-state index contributed by atoms with van der Waals surface area (Å²) in [5, 5.41) is 0. The highest BCUT2D eigenvalue weighted by molar-refractivity contribution is 7.93. The molecule has 9 heteroatoms. The molecule has 0 fully saturated rings. The van der Waals surface area contributed by atoms with Gasteiger partial charge in [0.2, 0.25) is 0 Å². The number of carbonyl (C=O) groups excluding carboxylic acids is 1. The summed E-state index contributed by atoms with van der Waals surface area (Å²) in [6.07, 6.45) is 1.53. The molecule has 0 aliphatic carbocycles. The van der Waals surface area contributed by atoms with Crippen LogP contribution in [-0.2, 0) is 26.5 Å². The highest BCUT2D eigenvalue weighted by atomic mass is 32.2. The number of ketones is 1. The van der Waals surface area contributed by atoms with Gasteiger partial charge in [0.15, 0.2) is 20.4 Å². The Kier molecular flexibility index (Phi) is 6.09. The van der Waals surface area contributed by atoms with Gasteiger partial charge in [0, 0.05) is 23.7 Å². The van der Waals surface area contributed by atoms with Crippen molar-refractivity contribution in [3.63, 3.8) is 0 Å². The maximum Gasteiger partial charge on any atom is 0.185 e. The summed E-state index contributed by atoms with van der Waals surface area (Å²) in [7, 11) is -4.14. The number of nitrogens with zero attached hydrogens (tertiary/aromatic N) is 2. The number of benzene rings is 2. The Morgan fingerprint density at radius 2 is 1.71 bits per heavy atom. The Labute approximate surface area is 202 Å². The zero-order valence-electron chi connectivity index (χ0n) is 19.5. The topological polar surface area (TPSA) is 102 Å². The molecule has 0 radical (unpaired) electrons. The molecule has 0 amide bonds. The summed E-state index contributed by atoms with van der Waals surface area (Å²) in [5.74, 6) is -2.60. The summed E-state index contributed by atoms with van der Waals surface area (Å²) >= 11 is 0. The first kappa shape index (κ1) is 24.7. The van der Waals surface area contributed by atoms with Crippen LogP contribution < -0.4 is 5.73 Å². The van der Waals surface area contributed by atoms with Crippen molar-refractivity contribution >= 4 is 21.5 Å². The summed E-state index contributed by atoms with van der Waals surface area (Å²) < 4.78 is 54.7. The summed E-state index contributed by atoms with van der Waals surface area (Å²) in [5.41, 5.74) is 6.14. The number of halogens is 2. The SMILES string of the molecule is Cc1ccc(C(=O)Cc2ccc(F)c([C@]3(C)CS(=O)(=O)C(C)(c4ccccc4F)C(N)=N3)c2)nc1. The van der Waals surface area contributed by atoms with Crippen LogP contribution in [-0.4, -0.2) is 30.8 Å². The van der Waals surface area contributed by atoms with E-state index >= 15 is 4.39 Å². The van der Waals surface area contributed by atoms with Gasteiger partial charge in [0.05, 0.1) is 5.75 Å². The number of aliphatic imine (C=N–C) groups is 1. The lowest BCUT2D eigenvalue weighted by molar-refractivity contribution is 0.0988. The first-order chi connectivity index (χ1) is 16.4. The molecule has 1 aromatic heterocycles. The maximum absolute atomic E-state index is 15.0. The van der Waals surface area contributed by atoms with Crippen LogP contribution in [0.15, 0.2) is 65.8 Å². The number of aryl methyl sites for hydroxylation is 1. The van der Waals surface area contributed by atoms with Crippen LogP contribution in [0.3, 0.4) is 0 Å². The number of hydrogen-bond donors (Lipinski definition) is 1. The normalized spacial score (nSPS) is 23.5. The fraction of sp³-hybridized carbons (Fsp3) is 0.269. The molecule has 0 saturated heterocycles. The molecule has 6 nitrogen and oxygen atoms in total. The third-order valence-corrected chi connectivity index (χ3v) is 9.12. The molecular formula is C26H25F2N3O3S. The van der Waals surface area contributed by atoms with Crippen molar-refractivity contribution in [2.45, 2.75) is 37.5 Å². The van der Waals surface area contributed by atoms with Crippen molar-refractivity contribution < 1.29 is 22.0 Å². The van der Waals surface area contributed by atoms with E-state index in [4.69, 9.17) is 5.73 Å². The van der Waals surface area contributed by atoms with E-state index in [9.17, 15) is 17.6 Å². The van der Waals surface area contributed by atoms with Crippen LogP contribution >= 0.6 is 0 Å². The molecule has 4 rings (SSSR count). The third-order valence-electron chi connectivity index (χ3n) is 6.51. The van der Waals surface area contributed by atoms with Gasteiger partial charge in [-0.1, -0.05) is 30.3 Å². The van der Waals surface area contributed by atoms with Gasteiger partial charge in [-0.2, -0.15) is 0 Å². The number of hydrogen-bond acceptors (Lipinski definition) is 6. The molecule has 3 aromatic rings. The van der Waals surface area contributed by atoms with Crippen molar-refractivity contribution in [1.82, 2.24) is 4.98 Å². The van der Waals surface area contributed by atoms with Gasteiger partial charge in [-0.15, -0.1) is 0 Å². The van der Waals surface area contributed by atoms with Gasteiger partial charge < -0.3 is 5.73 Å². The Morgan fingerprint density at radius 3 is 2.34 bits per heavy atom. The van der Waals surface area contributed by atoms with Crippen molar-refractivity contribution in [2.24, 2.45) is 10.7 Å².